The van der Waals surface area contributed by atoms with Crippen LogP contribution in [0.25, 0.3) is 0 Å². The molecule has 1 heterocycles. The van der Waals surface area contributed by atoms with Crippen LogP contribution in [0.15, 0.2) is 60.1 Å². The highest BCUT2D eigenvalue weighted by atomic mass is 79.9. The fraction of sp³-hybridized carbons (Fsp3) is 0.515. The highest BCUT2D eigenvalue weighted by molar-refractivity contribution is 7.09. The van der Waals surface area contributed by atoms with Crippen molar-refractivity contribution in [2.45, 2.75) is 104 Å². The van der Waals surface area contributed by atoms with Crippen molar-refractivity contribution in [2.24, 2.45) is 0 Å². The molecule has 0 aliphatic heterocycles. The van der Waals surface area contributed by atoms with E-state index in [-0.39, 0.29) is 22.9 Å². The Labute approximate surface area is 251 Å². The molecule has 1 amide bonds. The molecule has 1 aromatic heterocycles. The molecule has 6 heteroatoms. The normalized spacial score (nSPS) is 10.7. The smallest absolute Gasteiger partial charge is 0.234 e. The number of unbranched alkanes of at least 4 members (excludes halogenated alkanes) is 11. The minimum atomic E-state index is -0.0149. The first-order chi connectivity index (χ1) is 18.6. The number of benzene rings is 2. The second-order valence-electron chi connectivity index (χ2n) is 10.4. The summed E-state index contributed by atoms with van der Waals surface area (Å²) in [4.78, 5) is 12.6. The van der Waals surface area contributed by atoms with Gasteiger partial charge in [-0.05, 0) is 36.2 Å². The maximum Gasteiger partial charge on any atom is 0.234 e. The minimum Gasteiger partial charge on any atom is -1.00 e. The number of carbonyl (C=O) groups excluding carboxylic acids is 1. The molecule has 1 N–H and O–H groups in total. The van der Waals surface area contributed by atoms with Crippen LogP contribution in [0.5, 0.6) is 5.75 Å². The van der Waals surface area contributed by atoms with Gasteiger partial charge in [0.1, 0.15) is 5.75 Å². The number of amides is 1. The Morgan fingerprint density at radius 3 is 2.10 bits per heavy atom. The van der Waals surface area contributed by atoms with Gasteiger partial charge in [0, 0.05) is 18.2 Å². The molecular weight excluding hydrogens is 568 g/mol. The Morgan fingerprint density at radius 1 is 0.846 bits per heavy atom. The van der Waals surface area contributed by atoms with Crippen LogP contribution in [0.4, 0.5) is 5.69 Å². The zero-order valence-electron chi connectivity index (χ0n) is 23.9. The Morgan fingerprint density at radius 2 is 1.49 bits per heavy atom. The van der Waals surface area contributed by atoms with Crippen LogP contribution in [0.2, 0.25) is 0 Å². The van der Waals surface area contributed by atoms with Gasteiger partial charge >= 0.3 is 0 Å². The molecule has 0 bridgehead atoms. The predicted molar refractivity (Wildman–Crippen MR) is 160 cm³/mol. The van der Waals surface area contributed by atoms with Crippen LogP contribution in [-0.2, 0) is 17.8 Å². The average Bonchev–Trinajstić information content (AvgIpc) is 3.32. The average molecular weight is 616 g/mol. The van der Waals surface area contributed by atoms with Gasteiger partial charge in [0.05, 0.1) is 18.4 Å². The van der Waals surface area contributed by atoms with Crippen molar-refractivity contribution in [1.82, 2.24) is 0 Å². The van der Waals surface area contributed by atoms with E-state index >= 15 is 0 Å². The van der Waals surface area contributed by atoms with Crippen molar-refractivity contribution in [2.75, 3.05) is 11.9 Å². The van der Waals surface area contributed by atoms with Crippen LogP contribution in [0, 0.1) is 6.92 Å². The van der Waals surface area contributed by atoms with Crippen molar-refractivity contribution in [1.29, 1.82) is 0 Å². The fourth-order valence-corrected chi connectivity index (χ4v) is 5.36. The molecule has 214 valence electrons. The molecule has 0 saturated carbocycles. The molecule has 4 nitrogen and oxygen atoms in total. The second-order valence-corrected chi connectivity index (χ2v) is 11.5. The van der Waals surface area contributed by atoms with Gasteiger partial charge in [-0.15, -0.1) is 0 Å². The predicted octanol–water partition coefficient (Wildman–Crippen LogP) is 5.66. The first-order valence-electron chi connectivity index (χ1n) is 14.7. The molecule has 0 unspecified atom stereocenters. The maximum atomic E-state index is 12.6. The fourth-order valence-electron chi connectivity index (χ4n) is 4.70. The third-order valence-corrected chi connectivity index (χ3v) is 7.84. The lowest BCUT2D eigenvalue weighted by atomic mass is 10.1. The molecule has 0 atom stereocenters. The number of aromatic nitrogens is 1. The van der Waals surface area contributed by atoms with Crippen LogP contribution in [-0.4, -0.2) is 12.5 Å². The molecule has 39 heavy (non-hydrogen) atoms. The molecule has 0 radical (unpaired) electrons. The Kier molecular flexibility index (Phi) is 16.8. The van der Waals surface area contributed by atoms with E-state index in [0.717, 1.165) is 36.6 Å². The molecule has 0 aliphatic rings. The van der Waals surface area contributed by atoms with Crippen molar-refractivity contribution in [3.05, 3.63) is 76.2 Å². The van der Waals surface area contributed by atoms with Gasteiger partial charge in [0.25, 0.3) is 0 Å². The van der Waals surface area contributed by atoms with E-state index in [0.29, 0.717) is 6.42 Å². The standard InChI is InChI=1S/C33H46N2O2S.BrH/c1-3-4-5-6-7-8-9-10-11-12-13-14-23-37-32-17-15-16-30(25-32)26-33(36)34-31-20-18-29(19-21-31)27-35-22-24-38-28(35)2;/h15-22,24-25H,3-14,23,26-27H2,1-2H3;1H. The van der Waals surface area contributed by atoms with E-state index in [9.17, 15) is 4.79 Å². The quantitative estimate of drug-likeness (QED) is 0.140. The molecule has 3 aromatic rings. The Bertz CT molecular complexity index is 1070. The number of nitrogens with zero attached hydrogens (tertiary/aromatic N) is 1. The minimum absolute atomic E-state index is 0. The summed E-state index contributed by atoms with van der Waals surface area (Å²) in [5, 5.41) is 6.40. The number of rotatable bonds is 19. The summed E-state index contributed by atoms with van der Waals surface area (Å²) in [6, 6.07) is 16.0. The van der Waals surface area contributed by atoms with Crippen LogP contribution < -0.4 is 31.6 Å². The van der Waals surface area contributed by atoms with Gasteiger partial charge in [-0.1, -0.05) is 113 Å². The van der Waals surface area contributed by atoms with E-state index < -0.39 is 0 Å². The number of ether oxygens (including phenoxy) is 1. The topological polar surface area (TPSA) is 42.2 Å². The van der Waals surface area contributed by atoms with E-state index in [1.54, 1.807) is 11.3 Å². The summed E-state index contributed by atoms with van der Waals surface area (Å²) < 4.78 is 8.20. The lowest BCUT2D eigenvalue weighted by Gasteiger charge is -2.09. The molecular formula is C33H47BrN2O2S. The third-order valence-electron chi connectivity index (χ3n) is 7.00. The summed E-state index contributed by atoms with van der Waals surface area (Å²) in [5.74, 6) is 0.836. The van der Waals surface area contributed by atoms with Crippen LogP contribution in [0.1, 0.15) is 100 Å². The number of thiazole rings is 1. The summed E-state index contributed by atoms with van der Waals surface area (Å²) in [6.07, 6.45) is 18.5. The molecule has 2 aromatic carbocycles. The molecule has 0 saturated heterocycles. The van der Waals surface area contributed by atoms with Gasteiger partial charge in [0.2, 0.25) is 10.9 Å². The lowest BCUT2D eigenvalue weighted by molar-refractivity contribution is -0.689. The van der Waals surface area contributed by atoms with Crippen molar-refractivity contribution in [3.8, 4) is 5.75 Å². The van der Waals surface area contributed by atoms with E-state index in [2.05, 4.69) is 47.4 Å². The maximum absolute atomic E-state index is 12.6. The van der Waals surface area contributed by atoms with Crippen molar-refractivity contribution in [3.63, 3.8) is 0 Å². The zero-order valence-corrected chi connectivity index (χ0v) is 26.3. The van der Waals surface area contributed by atoms with E-state index in [1.165, 1.54) is 81.2 Å². The number of carbonyl (C=O) groups is 1. The first-order valence-corrected chi connectivity index (χ1v) is 15.6. The number of nitrogens with one attached hydrogen (secondary N) is 1. The van der Waals surface area contributed by atoms with Gasteiger partial charge in [-0.3, -0.25) is 4.79 Å². The van der Waals surface area contributed by atoms with Gasteiger partial charge in [0.15, 0.2) is 12.7 Å². The highest BCUT2D eigenvalue weighted by Gasteiger charge is 2.09. The highest BCUT2D eigenvalue weighted by Crippen LogP contribution is 2.17. The van der Waals surface area contributed by atoms with Gasteiger partial charge in [-0.25, -0.2) is 0 Å². The van der Waals surface area contributed by atoms with E-state index in [1.807, 2.05) is 36.4 Å². The summed E-state index contributed by atoms with van der Waals surface area (Å²) in [6.45, 7) is 5.98. The number of aryl methyl sites for hydroxylation is 1. The van der Waals surface area contributed by atoms with Gasteiger partial charge < -0.3 is 27.0 Å². The summed E-state index contributed by atoms with van der Waals surface area (Å²) >= 11 is 1.75. The second kappa shape index (κ2) is 19.8. The van der Waals surface area contributed by atoms with E-state index in [4.69, 9.17) is 4.74 Å². The number of anilines is 1. The molecule has 0 fully saturated rings. The number of hydrogen-bond acceptors (Lipinski definition) is 3. The largest absolute Gasteiger partial charge is 1.00 e. The summed E-state index contributed by atoms with van der Waals surface area (Å²) in [5.41, 5.74) is 3.01. The number of hydrogen-bond donors (Lipinski definition) is 1. The Hall–Kier alpha value is -2.18. The van der Waals surface area contributed by atoms with Crippen molar-refractivity contribution >= 4 is 22.9 Å². The SMILES string of the molecule is CCCCCCCCCCCCCCOc1cccc(CC(=O)Nc2ccc(C[n+]3ccsc3C)cc2)c1.[Br-]. The lowest BCUT2D eigenvalue weighted by Crippen LogP contribution is -3.00. The van der Waals surface area contributed by atoms with Crippen molar-refractivity contribution < 1.29 is 31.1 Å². The summed E-state index contributed by atoms with van der Waals surface area (Å²) in [7, 11) is 0. The van der Waals surface area contributed by atoms with Crippen LogP contribution >= 0.6 is 11.3 Å². The third kappa shape index (κ3) is 13.6. The van der Waals surface area contributed by atoms with Crippen LogP contribution in [0.3, 0.4) is 0 Å². The zero-order chi connectivity index (χ0) is 26.8. The molecule has 0 spiro atoms. The monoisotopic (exact) mass is 614 g/mol. The molecule has 0 aliphatic carbocycles. The Balaban J connectivity index is 0.00000533. The molecule has 3 rings (SSSR count). The number of halogens is 1. The van der Waals surface area contributed by atoms with Gasteiger partial charge in [-0.2, -0.15) is 4.57 Å². The first kappa shape index (κ1) is 33.0.